The predicted molar refractivity (Wildman–Crippen MR) is 99.3 cm³/mol. The van der Waals surface area contributed by atoms with E-state index in [4.69, 9.17) is 0 Å². The molecule has 1 aliphatic carbocycles. The smallest absolute Gasteiger partial charge is 0.222 e. The molecule has 2 saturated heterocycles. The summed E-state index contributed by atoms with van der Waals surface area (Å²) in [5, 5.41) is 0. The second kappa shape index (κ2) is 9.56. The van der Waals surface area contributed by atoms with Gasteiger partial charge in [0.05, 0.1) is 0 Å². The molecule has 3 rings (SSSR count). The fourth-order valence-electron chi connectivity index (χ4n) is 4.69. The summed E-state index contributed by atoms with van der Waals surface area (Å²) in [5.74, 6) is 0.552. The fourth-order valence-corrected chi connectivity index (χ4v) is 4.69. The maximum Gasteiger partial charge on any atom is 0.222 e. The van der Waals surface area contributed by atoms with Crippen LogP contribution in [0.2, 0.25) is 0 Å². The topological polar surface area (TPSA) is 43.9 Å². The van der Waals surface area contributed by atoms with Gasteiger partial charge >= 0.3 is 0 Å². The molecule has 3 fully saturated rings. The Morgan fingerprint density at radius 3 is 2.40 bits per heavy atom. The van der Waals surface area contributed by atoms with Crippen molar-refractivity contribution in [3.63, 3.8) is 0 Å². The van der Waals surface area contributed by atoms with Crippen LogP contribution in [0.1, 0.15) is 70.6 Å². The van der Waals surface area contributed by atoms with Crippen molar-refractivity contribution in [1.82, 2.24) is 14.7 Å². The lowest BCUT2D eigenvalue weighted by molar-refractivity contribution is -0.132. The number of amides is 2. The predicted octanol–water partition coefficient (Wildman–Crippen LogP) is 2.65. The lowest BCUT2D eigenvalue weighted by Gasteiger charge is -2.30. The second-order valence-electron chi connectivity index (χ2n) is 8.00. The van der Waals surface area contributed by atoms with Gasteiger partial charge in [0.2, 0.25) is 11.8 Å². The molecular weight excluding hydrogens is 314 g/mol. The Morgan fingerprint density at radius 2 is 1.68 bits per heavy atom. The lowest BCUT2D eigenvalue weighted by Crippen LogP contribution is -2.39. The summed E-state index contributed by atoms with van der Waals surface area (Å²) in [6, 6.07) is 0.749. The first-order chi connectivity index (χ1) is 12.2. The number of hydrogen-bond acceptors (Lipinski definition) is 3. The maximum atomic E-state index is 12.5. The standard InChI is InChI=1S/C20H35N3O2/c24-19-10-5-12-22(19)13-6-11-20(25)23-15-7-14-21(16-17-23)18-8-3-1-2-4-9-18/h18H,1-17H2. The Labute approximate surface area is 152 Å². The van der Waals surface area contributed by atoms with Crippen LogP contribution < -0.4 is 0 Å². The summed E-state index contributed by atoms with van der Waals surface area (Å²) in [7, 11) is 0. The average molecular weight is 350 g/mol. The quantitative estimate of drug-likeness (QED) is 0.717. The SMILES string of the molecule is O=C1CCCN1CCCC(=O)N1CCCN(C2CCCCCC2)CC1. The molecule has 2 aliphatic heterocycles. The van der Waals surface area contributed by atoms with E-state index in [1.54, 1.807) is 0 Å². The van der Waals surface area contributed by atoms with E-state index in [-0.39, 0.29) is 11.8 Å². The lowest BCUT2D eigenvalue weighted by atomic mass is 10.1. The minimum Gasteiger partial charge on any atom is -0.343 e. The van der Waals surface area contributed by atoms with E-state index in [0.29, 0.717) is 12.8 Å². The van der Waals surface area contributed by atoms with Gasteiger partial charge in [0.15, 0.2) is 0 Å². The van der Waals surface area contributed by atoms with Gasteiger partial charge < -0.3 is 9.80 Å². The van der Waals surface area contributed by atoms with Gasteiger partial charge in [-0.05, 0) is 32.1 Å². The van der Waals surface area contributed by atoms with Gasteiger partial charge in [-0.25, -0.2) is 0 Å². The van der Waals surface area contributed by atoms with Gasteiger partial charge in [0.1, 0.15) is 0 Å². The molecule has 5 nitrogen and oxygen atoms in total. The van der Waals surface area contributed by atoms with Crippen LogP contribution in [0.4, 0.5) is 0 Å². The van der Waals surface area contributed by atoms with E-state index in [1.807, 2.05) is 4.90 Å². The van der Waals surface area contributed by atoms with Crippen molar-refractivity contribution in [2.24, 2.45) is 0 Å². The van der Waals surface area contributed by atoms with Gasteiger partial charge in [-0.3, -0.25) is 14.5 Å². The summed E-state index contributed by atoms with van der Waals surface area (Å²) in [6.45, 7) is 5.63. The first-order valence-electron chi connectivity index (χ1n) is 10.5. The highest BCUT2D eigenvalue weighted by Crippen LogP contribution is 2.23. The van der Waals surface area contributed by atoms with Crippen LogP contribution >= 0.6 is 0 Å². The highest BCUT2D eigenvalue weighted by Gasteiger charge is 2.25. The van der Waals surface area contributed by atoms with E-state index >= 15 is 0 Å². The van der Waals surface area contributed by atoms with Crippen LogP contribution in [0.5, 0.6) is 0 Å². The Morgan fingerprint density at radius 1 is 0.880 bits per heavy atom. The molecule has 142 valence electrons. The van der Waals surface area contributed by atoms with Crippen molar-refractivity contribution in [3.8, 4) is 0 Å². The van der Waals surface area contributed by atoms with Crippen LogP contribution in [-0.4, -0.2) is 71.8 Å². The molecule has 25 heavy (non-hydrogen) atoms. The minimum atomic E-state index is 0.265. The molecule has 3 aliphatic rings. The summed E-state index contributed by atoms with van der Waals surface area (Å²) in [4.78, 5) is 30.8. The molecule has 0 aromatic heterocycles. The first kappa shape index (κ1) is 18.7. The Hall–Kier alpha value is -1.10. The van der Waals surface area contributed by atoms with E-state index in [1.165, 1.54) is 38.5 Å². The van der Waals surface area contributed by atoms with Crippen molar-refractivity contribution in [2.75, 3.05) is 39.3 Å². The minimum absolute atomic E-state index is 0.265. The summed E-state index contributed by atoms with van der Waals surface area (Å²) < 4.78 is 0. The third-order valence-corrected chi connectivity index (χ3v) is 6.21. The Bertz CT molecular complexity index is 446. The van der Waals surface area contributed by atoms with Gasteiger partial charge in [-0.2, -0.15) is 0 Å². The Balaban J connectivity index is 1.39. The maximum absolute atomic E-state index is 12.5. The number of likely N-dealkylation sites (tertiary alicyclic amines) is 1. The van der Waals surface area contributed by atoms with Gasteiger partial charge in [-0.1, -0.05) is 25.7 Å². The molecule has 5 heteroatoms. The number of nitrogens with zero attached hydrogens (tertiary/aromatic N) is 3. The number of hydrogen-bond donors (Lipinski definition) is 0. The fraction of sp³-hybridized carbons (Fsp3) is 0.900. The Kier molecular flexibility index (Phi) is 7.14. The van der Waals surface area contributed by atoms with Crippen molar-refractivity contribution in [1.29, 1.82) is 0 Å². The molecule has 0 radical (unpaired) electrons. The third-order valence-electron chi connectivity index (χ3n) is 6.21. The normalized spacial score (nSPS) is 24.4. The summed E-state index contributed by atoms with van der Waals surface area (Å²) in [6.07, 6.45) is 12.4. The summed E-state index contributed by atoms with van der Waals surface area (Å²) >= 11 is 0. The molecule has 2 heterocycles. The third kappa shape index (κ3) is 5.44. The molecule has 0 atom stereocenters. The molecule has 2 amide bonds. The molecule has 0 unspecified atom stereocenters. The van der Waals surface area contributed by atoms with E-state index < -0.39 is 0 Å². The van der Waals surface area contributed by atoms with Gasteiger partial charge in [-0.15, -0.1) is 0 Å². The molecule has 0 spiro atoms. The zero-order valence-corrected chi connectivity index (χ0v) is 15.8. The highest BCUT2D eigenvalue weighted by molar-refractivity contribution is 5.78. The van der Waals surface area contributed by atoms with Gasteiger partial charge in [0.25, 0.3) is 0 Å². The average Bonchev–Trinajstić information content (AvgIpc) is 2.85. The molecule has 0 aromatic rings. The van der Waals surface area contributed by atoms with Crippen LogP contribution in [0, 0.1) is 0 Å². The number of carbonyl (C=O) groups is 2. The number of carbonyl (C=O) groups excluding carboxylic acids is 2. The second-order valence-corrected chi connectivity index (χ2v) is 8.00. The monoisotopic (exact) mass is 349 g/mol. The molecule has 0 bridgehead atoms. The molecule has 0 N–H and O–H groups in total. The summed E-state index contributed by atoms with van der Waals surface area (Å²) in [5.41, 5.74) is 0. The van der Waals surface area contributed by atoms with E-state index in [0.717, 1.165) is 64.6 Å². The molecular formula is C20H35N3O2. The zero-order valence-electron chi connectivity index (χ0n) is 15.8. The van der Waals surface area contributed by atoms with Crippen LogP contribution in [0.3, 0.4) is 0 Å². The van der Waals surface area contributed by atoms with Gasteiger partial charge in [0, 0.05) is 58.2 Å². The molecule has 1 saturated carbocycles. The van der Waals surface area contributed by atoms with Crippen LogP contribution in [-0.2, 0) is 9.59 Å². The van der Waals surface area contributed by atoms with E-state index in [9.17, 15) is 9.59 Å². The molecule has 0 aromatic carbocycles. The zero-order chi connectivity index (χ0) is 17.5. The first-order valence-corrected chi connectivity index (χ1v) is 10.5. The largest absolute Gasteiger partial charge is 0.343 e. The highest BCUT2D eigenvalue weighted by atomic mass is 16.2. The van der Waals surface area contributed by atoms with Crippen molar-refractivity contribution in [3.05, 3.63) is 0 Å². The van der Waals surface area contributed by atoms with Crippen molar-refractivity contribution < 1.29 is 9.59 Å². The number of rotatable bonds is 5. The van der Waals surface area contributed by atoms with Crippen LogP contribution in [0.15, 0.2) is 0 Å². The van der Waals surface area contributed by atoms with Crippen molar-refractivity contribution >= 4 is 11.8 Å². The van der Waals surface area contributed by atoms with E-state index in [2.05, 4.69) is 9.80 Å². The van der Waals surface area contributed by atoms with Crippen molar-refractivity contribution in [2.45, 2.75) is 76.7 Å². The van der Waals surface area contributed by atoms with Crippen LogP contribution in [0.25, 0.3) is 0 Å².